The Balaban J connectivity index is 2.87. The van der Waals surface area contributed by atoms with E-state index in [0.717, 1.165) is 6.42 Å². The van der Waals surface area contributed by atoms with Crippen molar-refractivity contribution in [3.05, 3.63) is 10.5 Å². The van der Waals surface area contributed by atoms with Crippen LogP contribution in [0.4, 0.5) is 0 Å². The maximum atomic E-state index is 11.2. The van der Waals surface area contributed by atoms with Crippen LogP contribution >= 0.6 is 11.8 Å². The van der Waals surface area contributed by atoms with Gasteiger partial charge in [0.1, 0.15) is 0 Å². The number of aromatic nitrogens is 3. The predicted molar refractivity (Wildman–Crippen MR) is 54.1 cm³/mol. The molecule has 76 valence electrons. The molecule has 0 radical (unpaired) electrons. The second-order valence-corrected chi connectivity index (χ2v) is 4.16. The summed E-state index contributed by atoms with van der Waals surface area (Å²) in [5.41, 5.74) is -0.209. The van der Waals surface area contributed by atoms with E-state index in [1.807, 2.05) is 6.92 Å². The van der Waals surface area contributed by atoms with Crippen LogP contribution in [0.25, 0.3) is 0 Å². The molecule has 0 amide bonds. The molecular formula is C8H12N4OS. The van der Waals surface area contributed by atoms with Gasteiger partial charge < -0.3 is 0 Å². The molecule has 0 bridgehead atoms. The first-order valence-electron chi connectivity index (χ1n) is 4.40. The summed E-state index contributed by atoms with van der Waals surface area (Å²) in [6.45, 7) is 4.40. The van der Waals surface area contributed by atoms with Gasteiger partial charge in [0.15, 0.2) is 5.16 Å². The third-order valence-corrected chi connectivity index (χ3v) is 2.62. The van der Waals surface area contributed by atoms with Crippen LogP contribution in [0, 0.1) is 11.3 Å². The third kappa shape index (κ3) is 2.39. The minimum Gasteiger partial charge on any atom is -0.270 e. The Morgan fingerprint density at radius 1 is 1.79 bits per heavy atom. The number of nitrogens with one attached hydrogen (secondary N) is 1. The molecule has 0 saturated heterocycles. The van der Waals surface area contributed by atoms with Gasteiger partial charge in [-0.05, 0) is 13.3 Å². The fourth-order valence-electron chi connectivity index (χ4n) is 0.998. The van der Waals surface area contributed by atoms with E-state index < -0.39 is 0 Å². The van der Waals surface area contributed by atoms with Crippen LogP contribution in [0.5, 0.6) is 0 Å². The van der Waals surface area contributed by atoms with E-state index in [1.165, 1.54) is 11.8 Å². The molecular weight excluding hydrogens is 200 g/mol. The number of nitriles is 1. The molecule has 1 N–H and O–H groups in total. The lowest BCUT2D eigenvalue weighted by Gasteiger charge is -2.03. The highest BCUT2D eigenvalue weighted by molar-refractivity contribution is 8.00. The molecule has 0 aliphatic heterocycles. The highest BCUT2D eigenvalue weighted by Gasteiger charge is 2.11. The van der Waals surface area contributed by atoms with Gasteiger partial charge in [0.05, 0.1) is 11.3 Å². The Bertz CT molecular complexity index is 389. The van der Waals surface area contributed by atoms with E-state index in [4.69, 9.17) is 5.26 Å². The van der Waals surface area contributed by atoms with Gasteiger partial charge in [-0.25, -0.2) is 9.89 Å². The van der Waals surface area contributed by atoms with Gasteiger partial charge in [0.25, 0.3) is 0 Å². The zero-order valence-electron chi connectivity index (χ0n) is 8.15. The van der Waals surface area contributed by atoms with Crippen molar-refractivity contribution in [1.82, 2.24) is 14.8 Å². The summed E-state index contributed by atoms with van der Waals surface area (Å²) in [4.78, 5) is 11.2. The standard InChI is InChI=1S/C8H12N4OS/c1-3-4-12-7(13)10-11-8(12)14-6(2)5-9/h6H,3-4H2,1-2H3,(H,10,13)/t6-/m1/s1. The Labute approximate surface area is 86.1 Å². The van der Waals surface area contributed by atoms with Crippen LogP contribution in [-0.4, -0.2) is 20.0 Å². The van der Waals surface area contributed by atoms with Crippen molar-refractivity contribution < 1.29 is 0 Å². The first-order valence-corrected chi connectivity index (χ1v) is 5.28. The van der Waals surface area contributed by atoms with Gasteiger partial charge >= 0.3 is 5.69 Å². The van der Waals surface area contributed by atoms with E-state index in [0.29, 0.717) is 11.7 Å². The highest BCUT2D eigenvalue weighted by atomic mass is 32.2. The summed E-state index contributed by atoms with van der Waals surface area (Å²) in [5.74, 6) is 0. The quantitative estimate of drug-likeness (QED) is 0.755. The molecule has 1 heterocycles. The Morgan fingerprint density at radius 3 is 3.07 bits per heavy atom. The molecule has 1 atom stereocenters. The second-order valence-electron chi connectivity index (χ2n) is 2.85. The van der Waals surface area contributed by atoms with Gasteiger partial charge in [0, 0.05) is 6.54 Å². The molecule has 0 saturated carbocycles. The molecule has 0 spiro atoms. The fraction of sp³-hybridized carbons (Fsp3) is 0.625. The van der Waals surface area contributed by atoms with Crippen molar-refractivity contribution in [1.29, 1.82) is 5.26 Å². The molecule has 0 fully saturated rings. The number of nitrogens with zero attached hydrogens (tertiary/aromatic N) is 3. The Morgan fingerprint density at radius 2 is 2.50 bits per heavy atom. The van der Waals surface area contributed by atoms with Crippen LogP contribution < -0.4 is 5.69 Å². The first kappa shape index (κ1) is 10.9. The maximum Gasteiger partial charge on any atom is 0.343 e. The molecule has 0 aliphatic rings. The summed E-state index contributed by atoms with van der Waals surface area (Å²) < 4.78 is 1.55. The number of H-pyrrole nitrogens is 1. The topological polar surface area (TPSA) is 74.5 Å². The van der Waals surface area contributed by atoms with Crippen LogP contribution in [-0.2, 0) is 6.54 Å². The van der Waals surface area contributed by atoms with Crippen LogP contribution in [0.1, 0.15) is 20.3 Å². The van der Waals surface area contributed by atoms with Crippen molar-refractivity contribution in [3.63, 3.8) is 0 Å². The van der Waals surface area contributed by atoms with E-state index in [9.17, 15) is 4.79 Å². The van der Waals surface area contributed by atoms with Crippen molar-refractivity contribution in [2.75, 3.05) is 0 Å². The van der Waals surface area contributed by atoms with Gasteiger partial charge in [-0.3, -0.25) is 4.57 Å². The summed E-state index contributed by atoms with van der Waals surface area (Å²) in [5, 5.41) is 15.3. The highest BCUT2D eigenvalue weighted by Crippen LogP contribution is 2.18. The summed E-state index contributed by atoms with van der Waals surface area (Å²) >= 11 is 1.29. The van der Waals surface area contributed by atoms with Gasteiger partial charge in [-0.1, -0.05) is 18.7 Å². The minimum atomic E-state index is -0.209. The zero-order valence-corrected chi connectivity index (χ0v) is 8.97. The summed E-state index contributed by atoms with van der Waals surface area (Å²) in [6.07, 6.45) is 0.869. The summed E-state index contributed by atoms with van der Waals surface area (Å²) in [6, 6.07) is 2.09. The summed E-state index contributed by atoms with van der Waals surface area (Å²) in [7, 11) is 0. The largest absolute Gasteiger partial charge is 0.343 e. The van der Waals surface area contributed by atoms with Crippen molar-refractivity contribution in [2.45, 2.75) is 37.2 Å². The first-order chi connectivity index (χ1) is 6.69. The Hall–Kier alpha value is -1.22. The van der Waals surface area contributed by atoms with E-state index in [1.54, 1.807) is 11.5 Å². The van der Waals surface area contributed by atoms with Gasteiger partial charge in [-0.15, -0.1) is 5.10 Å². The van der Waals surface area contributed by atoms with Crippen LogP contribution in [0.2, 0.25) is 0 Å². The number of hydrogen-bond donors (Lipinski definition) is 1. The average Bonchev–Trinajstić information content (AvgIpc) is 2.50. The minimum absolute atomic E-state index is 0.194. The monoisotopic (exact) mass is 212 g/mol. The van der Waals surface area contributed by atoms with E-state index >= 15 is 0 Å². The van der Waals surface area contributed by atoms with Crippen molar-refractivity contribution in [2.24, 2.45) is 0 Å². The smallest absolute Gasteiger partial charge is 0.270 e. The SMILES string of the molecule is CCCn1c(S[C@H](C)C#N)n[nH]c1=O. The van der Waals surface area contributed by atoms with Gasteiger partial charge in [0.2, 0.25) is 0 Å². The number of aromatic amines is 1. The third-order valence-electron chi connectivity index (χ3n) is 1.63. The lowest BCUT2D eigenvalue weighted by molar-refractivity contribution is 0.603. The fourth-order valence-corrected chi connectivity index (χ4v) is 1.77. The Kier molecular flexibility index (Phi) is 3.77. The molecule has 1 rings (SSSR count). The average molecular weight is 212 g/mol. The van der Waals surface area contributed by atoms with Crippen molar-refractivity contribution >= 4 is 11.8 Å². The molecule has 0 unspecified atom stereocenters. The molecule has 1 aromatic rings. The number of hydrogen-bond acceptors (Lipinski definition) is 4. The number of thioether (sulfide) groups is 1. The normalized spacial score (nSPS) is 12.4. The molecule has 6 heteroatoms. The molecule has 1 aromatic heterocycles. The molecule has 0 aliphatic carbocycles. The van der Waals surface area contributed by atoms with Gasteiger partial charge in [-0.2, -0.15) is 5.26 Å². The molecule has 14 heavy (non-hydrogen) atoms. The second kappa shape index (κ2) is 4.86. The van der Waals surface area contributed by atoms with Crippen molar-refractivity contribution in [3.8, 4) is 6.07 Å². The van der Waals surface area contributed by atoms with Crippen LogP contribution in [0.3, 0.4) is 0 Å². The lowest BCUT2D eigenvalue weighted by Crippen LogP contribution is -2.17. The molecule has 0 aromatic carbocycles. The van der Waals surface area contributed by atoms with E-state index in [-0.39, 0.29) is 10.9 Å². The maximum absolute atomic E-state index is 11.2. The predicted octanol–water partition coefficient (Wildman–Crippen LogP) is 0.986. The lowest BCUT2D eigenvalue weighted by atomic mass is 10.5. The zero-order chi connectivity index (χ0) is 10.6. The molecule has 5 nitrogen and oxygen atoms in total. The van der Waals surface area contributed by atoms with Crippen LogP contribution in [0.15, 0.2) is 9.95 Å². The number of rotatable bonds is 4. The van der Waals surface area contributed by atoms with E-state index in [2.05, 4.69) is 16.3 Å².